The van der Waals surface area contributed by atoms with Gasteiger partial charge < -0.3 is 47.8 Å². The largest absolute Gasteiger partial charge is 0.488 e. The molecule has 3 aliphatic rings. The van der Waals surface area contributed by atoms with E-state index in [0.29, 0.717) is 68.4 Å². The summed E-state index contributed by atoms with van der Waals surface area (Å²) in [5.41, 5.74) is 15.9. The molecule has 14 rings (SSSR count). The highest BCUT2D eigenvalue weighted by Crippen LogP contribution is 2.38. The van der Waals surface area contributed by atoms with Gasteiger partial charge in [0, 0.05) is 61.3 Å². The van der Waals surface area contributed by atoms with Crippen molar-refractivity contribution in [2.24, 2.45) is 17.8 Å². The van der Waals surface area contributed by atoms with Gasteiger partial charge >= 0.3 is 0 Å². The van der Waals surface area contributed by atoms with Gasteiger partial charge in [0.1, 0.15) is 37.1 Å². The van der Waals surface area contributed by atoms with Gasteiger partial charge in [0.05, 0.1) is 64.9 Å². The number of ether oxygens (including phenoxy) is 3. The molecule has 3 saturated heterocycles. The molecular formula is C87H103Cl3N14O6. The van der Waals surface area contributed by atoms with E-state index in [2.05, 4.69) is 112 Å². The number of hydrogen-bond acceptors (Lipinski definition) is 17. The molecule has 0 aliphatic carbocycles. The van der Waals surface area contributed by atoms with Crippen molar-refractivity contribution >= 4 is 87.2 Å². The Morgan fingerprint density at radius 2 is 0.718 bits per heavy atom. The van der Waals surface area contributed by atoms with Crippen molar-refractivity contribution in [2.75, 3.05) is 81.6 Å². The first-order valence-electron chi connectivity index (χ1n) is 37.7. The van der Waals surface area contributed by atoms with Crippen molar-refractivity contribution in [1.29, 1.82) is 0 Å². The molecule has 3 fully saturated rings. The molecule has 20 nitrogen and oxygen atoms in total. The summed E-state index contributed by atoms with van der Waals surface area (Å²) in [7, 11) is 12.3. The molecule has 3 aliphatic heterocycles. The second-order valence-corrected chi connectivity index (χ2v) is 29.4. The van der Waals surface area contributed by atoms with Crippen LogP contribution in [-0.2, 0) is 71.8 Å². The highest BCUT2D eigenvalue weighted by molar-refractivity contribution is 5.87. The zero-order chi connectivity index (χ0) is 74.3. The molecule has 0 saturated carbocycles. The van der Waals surface area contributed by atoms with Crippen LogP contribution in [0, 0.1) is 37.5 Å². The summed E-state index contributed by atoms with van der Waals surface area (Å²) in [5, 5.41) is 20.1. The number of nitrogens with one attached hydrogen (secondary N) is 1. The fraction of sp³-hybridized carbons (Fsp3) is 0.402. The van der Waals surface area contributed by atoms with E-state index in [-0.39, 0.29) is 37.2 Å². The number of aryl methyl sites for hydroxylation is 3. The Labute approximate surface area is 666 Å². The summed E-state index contributed by atoms with van der Waals surface area (Å²) in [4.78, 5) is 30.7. The number of halogens is 3. The Hall–Kier alpha value is -9.47. The van der Waals surface area contributed by atoms with E-state index in [4.69, 9.17) is 47.5 Å². The molecular weight excluding hydrogens is 1440 g/mol. The molecule has 0 radical (unpaired) electrons. The first-order valence-corrected chi connectivity index (χ1v) is 37.7. The second kappa shape index (κ2) is 42.6. The van der Waals surface area contributed by atoms with Crippen LogP contribution in [0.3, 0.4) is 0 Å². The van der Waals surface area contributed by atoms with Crippen LogP contribution in [0.5, 0.6) is 17.2 Å². The van der Waals surface area contributed by atoms with Crippen molar-refractivity contribution in [1.82, 2.24) is 55.3 Å². The molecule has 5 aromatic heterocycles. The van der Waals surface area contributed by atoms with Crippen molar-refractivity contribution < 1.29 is 27.8 Å². The molecule has 110 heavy (non-hydrogen) atoms. The van der Waals surface area contributed by atoms with Crippen molar-refractivity contribution in [2.45, 2.75) is 130 Å². The number of fused-ring (bicyclic) bond motifs is 3. The van der Waals surface area contributed by atoms with E-state index in [9.17, 15) is 0 Å². The number of benzene rings is 6. The maximum absolute atomic E-state index is 7.13. The minimum atomic E-state index is 0. The number of nitrogens with zero attached hydrogens (tertiary/aromatic N) is 13. The van der Waals surface area contributed by atoms with E-state index in [1.807, 2.05) is 158 Å². The molecule has 6 aromatic carbocycles. The normalized spacial score (nSPS) is 14.3. The zero-order valence-corrected chi connectivity index (χ0v) is 66.6. The predicted molar refractivity (Wildman–Crippen MR) is 442 cm³/mol. The fourth-order valence-corrected chi connectivity index (χ4v) is 14.6. The molecule has 0 amide bonds. The third-order valence-electron chi connectivity index (χ3n) is 20.6. The fourth-order valence-electron chi connectivity index (χ4n) is 14.6. The van der Waals surface area contributed by atoms with Crippen molar-refractivity contribution in [3.8, 4) is 17.2 Å². The van der Waals surface area contributed by atoms with Gasteiger partial charge in [-0.3, -0.25) is 19.8 Å². The van der Waals surface area contributed by atoms with Gasteiger partial charge in [0.15, 0.2) is 33.8 Å². The third-order valence-corrected chi connectivity index (χ3v) is 20.6. The molecule has 0 bridgehead atoms. The third kappa shape index (κ3) is 23.8. The van der Waals surface area contributed by atoms with Gasteiger partial charge in [0.25, 0.3) is 0 Å². The van der Waals surface area contributed by atoms with E-state index in [1.165, 1.54) is 38.5 Å². The summed E-state index contributed by atoms with van der Waals surface area (Å²) >= 11 is 0. The Kier molecular flexibility index (Phi) is 32.8. The van der Waals surface area contributed by atoms with E-state index in [1.54, 1.807) is 0 Å². The molecule has 1 N–H and O–H groups in total. The van der Waals surface area contributed by atoms with E-state index in [0.717, 1.165) is 209 Å². The van der Waals surface area contributed by atoms with Crippen LogP contribution < -0.4 is 19.5 Å². The Bertz CT molecular complexity index is 4530. The number of rotatable bonds is 28. The first kappa shape index (κ1) is 84.5. The highest BCUT2D eigenvalue weighted by Gasteiger charge is 2.26. The van der Waals surface area contributed by atoms with Gasteiger partial charge in [-0.05, 0) is 254 Å². The maximum atomic E-state index is 7.13. The average molecular weight is 1550 g/mol. The molecule has 0 atom stereocenters. The number of piperidine rings is 3. The topological polar surface area (TPSA) is 173 Å². The lowest BCUT2D eigenvalue weighted by atomic mass is 9.91. The van der Waals surface area contributed by atoms with Gasteiger partial charge in [-0.15, -0.1) is 37.2 Å². The van der Waals surface area contributed by atoms with Gasteiger partial charge in [-0.25, -0.2) is 14.5 Å². The predicted octanol–water partition coefficient (Wildman–Crippen LogP) is 18.7. The van der Waals surface area contributed by atoms with Crippen LogP contribution in [-0.4, -0.2) is 131 Å². The van der Waals surface area contributed by atoms with Crippen LogP contribution in [0.1, 0.15) is 120 Å². The summed E-state index contributed by atoms with van der Waals surface area (Å²) < 4.78 is 36.3. The van der Waals surface area contributed by atoms with E-state index >= 15 is 0 Å². The summed E-state index contributed by atoms with van der Waals surface area (Å²) in [5.74, 6) is 4.62. The first-order chi connectivity index (χ1) is 52.3. The Morgan fingerprint density at radius 1 is 0.409 bits per heavy atom. The van der Waals surface area contributed by atoms with Crippen molar-refractivity contribution in [3.05, 3.63) is 254 Å². The number of hydrogen-bond donors (Lipinski definition) is 1. The van der Waals surface area contributed by atoms with Gasteiger partial charge in [-0.2, -0.15) is 0 Å². The minimum absolute atomic E-state index is 0. The standard InChI is InChI=1S/2C31H35N5O2.C25H30N4O2.3ClH/c2*1-32-25-10-7-24(8-11-25)22-37-30-14-12-27-29(34-38-31(27)28(30)21-35(2)3)13-9-23-15-18-36(19-16-23)20-26-6-4-5-17-33-26;1-26-20-7-4-19(5-8-20)17-30-24-11-9-21-23(10-6-18-12-14-27-15-13-18)28-31-25(21)22(24)16-29(2)3;;;/h2*4-8,10-12,14,17,23H,9,13,15-16,18-22H2,2-3H3;4-5,7-9,11,18,27H,6,10,12-17H2,2-3H3;3*1H. The van der Waals surface area contributed by atoms with Gasteiger partial charge in [0.2, 0.25) is 0 Å². The van der Waals surface area contributed by atoms with E-state index < -0.39 is 0 Å². The second-order valence-electron chi connectivity index (χ2n) is 29.4. The average Bonchev–Trinajstić information content (AvgIpc) is 1.63. The van der Waals surface area contributed by atoms with Gasteiger partial charge in [-0.1, -0.05) is 100 Å². The minimum Gasteiger partial charge on any atom is -0.488 e. The van der Waals surface area contributed by atoms with Crippen molar-refractivity contribution in [3.63, 3.8) is 0 Å². The molecule has 23 heteroatoms. The Morgan fingerprint density at radius 3 is 1.00 bits per heavy atom. The molecule has 0 unspecified atom stereocenters. The lowest BCUT2D eigenvalue weighted by Crippen LogP contribution is -2.33. The molecule has 11 aromatic rings. The molecule has 578 valence electrons. The van der Waals surface area contributed by atoms with Crippen LogP contribution in [0.4, 0.5) is 17.1 Å². The molecule has 8 heterocycles. The maximum Gasteiger partial charge on any atom is 0.187 e. The highest BCUT2D eigenvalue weighted by atomic mass is 35.5. The smallest absolute Gasteiger partial charge is 0.187 e. The lowest BCUT2D eigenvalue weighted by molar-refractivity contribution is 0.170. The van der Waals surface area contributed by atoms with Crippen LogP contribution in [0.15, 0.2) is 172 Å². The zero-order valence-electron chi connectivity index (χ0n) is 64.1. The lowest BCUT2D eigenvalue weighted by Gasteiger charge is -2.31. The SMILES string of the molecule is Cl.Cl.Cl.[C-]#[N+]c1ccc(COc2ccc3c(CCC4CCN(Cc5ccccn5)CC4)noc3c2CN(C)C)cc1.[C-]#[N+]c1ccc(COc2ccc3c(CCC4CCN(Cc5ccccn5)CC4)noc3c2CN(C)C)cc1.[C-]#[N+]c1ccc(COc2ccc3c(CCC4CCNCC4)noc3c2CN(C)C)cc1. The monoisotopic (exact) mass is 1540 g/mol. The number of pyridine rings is 2. The molecule has 0 spiro atoms. The van der Waals surface area contributed by atoms with Crippen LogP contribution in [0.25, 0.3) is 47.4 Å². The summed E-state index contributed by atoms with van der Waals surface area (Å²) in [6.45, 7) is 33.4. The summed E-state index contributed by atoms with van der Waals surface area (Å²) in [6, 6.07) is 47.2. The summed E-state index contributed by atoms with van der Waals surface area (Å²) in [6.07, 6.45) is 17.3. The Balaban J connectivity index is 0.000000188. The number of likely N-dealkylation sites (tertiary alicyclic amines) is 2. The van der Waals surface area contributed by atoms with Crippen LogP contribution >= 0.6 is 37.2 Å². The quantitative estimate of drug-likeness (QED) is 0.0458. The number of aromatic nitrogens is 5. The van der Waals surface area contributed by atoms with Crippen LogP contribution in [0.2, 0.25) is 0 Å².